The smallest absolute Gasteiger partial charge is 0.303 e. The number of methoxy groups -OCH3 is 1. The lowest BCUT2D eigenvalue weighted by atomic mass is 9.81. The Bertz CT molecular complexity index is 2140. The maximum atomic E-state index is 15.1. The first-order valence-corrected chi connectivity index (χ1v) is 20.1. The summed E-state index contributed by atoms with van der Waals surface area (Å²) in [7, 11) is 0.487. The molecule has 0 spiro atoms. The van der Waals surface area contributed by atoms with Crippen LogP contribution in [0.5, 0.6) is 5.75 Å². The van der Waals surface area contributed by atoms with Gasteiger partial charge in [-0.05, 0) is 79.1 Å². The Kier molecular flexibility index (Phi) is 8.95. The zero-order valence-corrected chi connectivity index (χ0v) is 31.4. The molecule has 2 aliphatic carbocycles. The fourth-order valence-corrected chi connectivity index (χ4v) is 9.83. The van der Waals surface area contributed by atoms with E-state index >= 15 is 4.79 Å². The van der Waals surface area contributed by atoms with Crippen LogP contribution in [0.15, 0.2) is 66.7 Å². The van der Waals surface area contributed by atoms with Crippen LogP contribution >= 0.6 is 0 Å². The highest BCUT2D eigenvalue weighted by Crippen LogP contribution is 2.66. The molecule has 1 saturated heterocycles. The molecule has 3 heterocycles. The summed E-state index contributed by atoms with van der Waals surface area (Å²) in [6.07, 6.45) is 6.45. The minimum absolute atomic E-state index is 0.0329. The number of benzene rings is 3. The molecular weight excluding hydrogens is 675 g/mol. The lowest BCUT2D eigenvalue weighted by Crippen LogP contribution is -2.56. The molecule has 0 bridgehead atoms. The van der Waals surface area contributed by atoms with Crippen LogP contribution < -0.4 is 9.46 Å². The number of nitrogens with one attached hydrogen (secondary N) is 1. The molecule has 3 aromatic carbocycles. The van der Waals surface area contributed by atoms with E-state index in [0.29, 0.717) is 19.0 Å². The van der Waals surface area contributed by atoms with E-state index in [-0.39, 0.29) is 23.4 Å². The number of fused-ring (bicyclic) bond motifs is 7. The van der Waals surface area contributed by atoms with Gasteiger partial charge in [0.25, 0.3) is 5.91 Å². The van der Waals surface area contributed by atoms with Crippen molar-refractivity contribution in [3.63, 3.8) is 0 Å². The molecule has 0 radical (unpaired) electrons. The SMILES string of the molecule is COc1ccc2c(c1)C1CC1(C(=O)N1CCN(Cc3ccccc3)C[C@@H]1C)Cn1c-2c(C2CCCCC2)c2ccc(C(=O)NS(=O)(=O)N(C)C)cc21. The van der Waals surface area contributed by atoms with Gasteiger partial charge in [0.15, 0.2) is 0 Å². The van der Waals surface area contributed by atoms with E-state index in [9.17, 15) is 13.2 Å². The van der Waals surface area contributed by atoms with Crippen LogP contribution in [-0.2, 0) is 28.1 Å². The quantitative estimate of drug-likeness (QED) is 0.235. The van der Waals surface area contributed by atoms with Crippen LogP contribution in [0.3, 0.4) is 0 Å². The molecule has 4 aromatic rings. The van der Waals surface area contributed by atoms with E-state index < -0.39 is 21.5 Å². The van der Waals surface area contributed by atoms with E-state index in [0.717, 1.165) is 89.5 Å². The number of aromatic nitrogens is 1. The number of carbonyl (C=O) groups is 2. The molecule has 8 rings (SSSR count). The van der Waals surface area contributed by atoms with Crippen molar-refractivity contribution in [3.05, 3.63) is 89.0 Å². The lowest BCUT2D eigenvalue weighted by Gasteiger charge is -2.41. The van der Waals surface area contributed by atoms with Crippen LogP contribution in [0.2, 0.25) is 0 Å². The maximum Gasteiger partial charge on any atom is 0.303 e. The molecule has 2 amide bonds. The van der Waals surface area contributed by atoms with Gasteiger partial charge >= 0.3 is 10.2 Å². The van der Waals surface area contributed by atoms with Gasteiger partial charge in [0.05, 0.1) is 18.2 Å². The second kappa shape index (κ2) is 13.3. The van der Waals surface area contributed by atoms with Crippen LogP contribution in [-0.4, -0.2) is 85.8 Å². The molecule has 1 N–H and O–H groups in total. The predicted octanol–water partition coefficient (Wildman–Crippen LogP) is 6.12. The summed E-state index contributed by atoms with van der Waals surface area (Å²) in [5.41, 5.74) is 6.44. The molecule has 3 atom stereocenters. The zero-order valence-electron chi connectivity index (χ0n) is 30.6. The van der Waals surface area contributed by atoms with E-state index in [1.165, 1.54) is 31.6 Å². The summed E-state index contributed by atoms with van der Waals surface area (Å²) in [6.45, 7) is 5.81. The summed E-state index contributed by atoms with van der Waals surface area (Å²) in [6, 6.07) is 22.4. The highest BCUT2D eigenvalue weighted by atomic mass is 32.2. The minimum atomic E-state index is -3.98. The summed E-state index contributed by atoms with van der Waals surface area (Å²) in [4.78, 5) is 33.1. The van der Waals surface area contributed by atoms with Crippen molar-refractivity contribution in [2.75, 3.05) is 40.8 Å². The average Bonchev–Trinajstić information content (AvgIpc) is 3.81. The molecular formula is C41H49N5O5S. The Morgan fingerprint density at radius 1 is 0.981 bits per heavy atom. The Balaban J connectivity index is 1.23. The van der Waals surface area contributed by atoms with Gasteiger partial charge in [0, 0.05) is 80.8 Å². The van der Waals surface area contributed by atoms with Gasteiger partial charge in [-0.25, -0.2) is 4.72 Å². The van der Waals surface area contributed by atoms with Gasteiger partial charge in [-0.15, -0.1) is 0 Å². The summed E-state index contributed by atoms with van der Waals surface area (Å²) in [5, 5.41) is 1.07. The Morgan fingerprint density at radius 2 is 1.75 bits per heavy atom. The van der Waals surface area contributed by atoms with E-state index in [1.807, 2.05) is 24.3 Å². The normalized spacial score (nSPS) is 23.4. The van der Waals surface area contributed by atoms with Crippen molar-refractivity contribution >= 4 is 32.9 Å². The predicted molar refractivity (Wildman–Crippen MR) is 203 cm³/mol. The van der Waals surface area contributed by atoms with Crippen molar-refractivity contribution in [1.82, 2.24) is 23.4 Å². The average molecular weight is 724 g/mol. The molecule has 2 saturated carbocycles. The Morgan fingerprint density at radius 3 is 2.46 bits per heavy atom. The van der Waals surface area contributed by atoms with Gasteiger partial charge in [0.2, 0.25) is 5.91 Å². The van der Waals surface area contributed by atoms with Crippen LogP contribution in [0.25, 0.3) is 22.2 Å². The van der Waals surface area contributed by atoms with Crippen molar-refractivity contribution in [3.8, 4) is 17.0 Å². The van der Waals surface area contributed by atoms with E-state index in [4.69, 9.17) is 4.74 Å². The standard InChI is InChI=1S/C41H49N5O5S/c1-27-24-44(25-28-11-7-5-8-12-28)19-20-45(27)40(48)41-23-35(41)34-22-31(51-4)16-18-32(34)38-37(29-13-9-6-10-14-29)33-17-15-30(21-36(33)46(38)26-41)39(47)42-52(49,50)43(2)3/h5,7-8,11-12,15-18,21-22,27,29,35H,6,9-10,13-14,19-20,23-26H2,1-4H3,(H,42,47)/t27-,35?,41?/m0/s1. The van der Waals surface area contributed by atoms with Gasteiger partial charge in [-0.2, -0.15) is 12.7 Å². The molecule has 2 aliphatic heterocycles. The topological polar surface area (TPSA) is 104 Å². The molecule has 3 fully saturated rings. The van der Waals surface area contributed by atoms with Crippen LogP contribution in [0.4, 0.5) is 0 Å². The van der Waals surface area contributed by atoms with E-state index in [1.54, 1.807) is 13.2 Å². The lowest BCUT2D eigenvalue weighted by molar-refractivity contribution is -0.142. The molecule has 52 heavy (non-hydrogen) atoms. The molecule has 4 aliphatic rings. The molecule has 2 unspecified atom stereocenters. The van der Waals surface area contributed by atoms with Crippen molar-refractivity contribution in [1.29, 1.82) is 0 Å². The molecule has 11 heteroatoms. The largest absolute Gasteiger partial charge is 0.497 e. The molecule has 274 valence electrons. The number of hydrogen-bond acceptors (Lipinski definition) is 6. The number of nitrogens with zero attached hydrogens (tertiary/aromatic N) is 4. The molecule has 10 nitrogen and oxygen atoms in total. The van der Waals surface area contributed by atoms with Crippen LogP contribution in [0, 0.1) is 5.41 Å². The third-order valence-corrected chi connectivity index (χ3v) is 13.5. The number of rotatable bonds is 8. The van der Waals surface area contributed by atoms with E-state index in [2.05, 4.69) is 62.4 Å². The first-order chi connectivity index (χ1) is 25.0. The summed E-state index contributed by atoms with van der Waals surface area (Å²) < 4.78 is 36.6. The highest BCUT2D eigenvalue weighted by Gasteiger charge is 2.64. The second-order valence-electron chi connectivity index (χ2n) is 15.6. The number of carbonyl (C=O) groups excluding carboxylic acids is 2. The summed E-state index contributed by atoms with van der Waals surface area (Å²) in [5.74, 6) is 0.666. The fourth-order valence-electron chi connectivity index (χ4n) is 9.30. The van der Waals surface area contributed by atoms with Crippen molar-refractivity contribution < 1.29 is 22.7 Å². The van der Waals surface area contributed by atoms with Crippen LogP contribution in [0.1, 0.15) is 84.3 Å². The number of piperazine rings is 1. The first kappa shape index (κ1) is 34.9. The molecule has 1 aromatic heterocycles. The van der Waals surface area contributed by atoms with Crippen molar-refractivity contribution in [2.24, 2.45) is 5.41 Å². The van der Waals surface area contributed by atoms with Gasteiger partial charge < -0.3 is 14.2 Å². The van der Waals surface area contributed by atoms with Crippen molar-refractivity contribution in [2.45, 2.75) is 76.4 Å². The minimum Gasteiger partial charge on any atom is -0.497 e. The fraction of sp³-hybridized carbons (Fsp3) is 0.463. The third kappa shape index (κ3) is 6.00. The number of ether oxygens (including phenoxy) is 1. The number of hydrogen-bond donors (Lipinski definition) is 1. The monoisotopic (exact) mass is 723 g/mol. The Labute approximate surface area is 306 Å². The first-order valence-electron chi connectivity index (χ1n) is 18.7. The third-order valence-electron chi connectivity index (χ3n) is 12.1. The van der Waals surface area contributed by atoms with Gasteiger partial charge in [-0.3, -0.25) is 14.5 Å². The van der Waals surface area contributed by atoms with Gasteiger partial charge in [-0.1, -0.05) is 55.7 Å². The Hall–Kier alpha value is -4.19. The highest BCUT2D eigenvalue weighted by molar-refractivity contribution is 7.87. The summed E-state index contributed by atoms with van der Waals surface area (Å²) >= 11 is 0. The maximum absolute atomic E-state index is 15.1. The van der Waals surface area contributed by atoms with Gasteiger partial charge in [0.1, 0.15) is 5.75 Å². The second-order valence-corrected chi connectivity index (χ2v) is 17.5. The number of amides is 2. The zero-order chi connectivity index (χ0) is 36.4.